The number of aromatic hydroxyl groups is 1. The Morgan fingerprint density at radius 2 is 1.29 bits per heavy atom. The molecule has 254 valence electrons. The number of halogens is 13. The van der Waals surface area contributed by atoms with Gasteiger partial charge >= 0.3 is 35.8 Å². The molecule has 0 saturated heterocycles. The van der Waals surface area contributed by atoms with Crippen LogP contribution in [-0.2, 0) is 6.42 Å². The predicted octanol–water partition coefficient (Wildman–Crippen LogP) is 10.6. The first-order valence-electron chi connectivity index (χ1n) is 13.7. The molecule has 3 nitrogen and oxygen atoms in total. The summed E-state index contributed by atoms with van der Waals surface area (Å²) in [5.74, 6) is -37.2. The number of aliphatic imine (C=N–C) groups is 1. The van der Waals surface area contributed by atoms with E-state index >= 15 is 0 Å². The quantitative estimate of drug-likeness (QED) is 0.103. The number of nitrogens with zero attached hydrogens (tertiary/aromatic N) is 1. The van der Waals surface area contributed by atoms with Crippen molar-refractivity contribution in [3.8, 4) is 11.5 Å². The lowest BCUT2D eigenvalue weighted by Crippen LogP contribution is -2.70. The van der Waals surface area contributed by atoms with E-state index in [1.54, 1.807) is 12.1 Å². The fraction of sp³-hybridized carbons (Fsp3) is 0.552. The van der Waals surface area contributed by atoms with Gasteiger partial charge in [-0.2, -0.15) is 57.1 Å². The van der Waals surface area contributed by atoms with Crippen LogP contribution in [0.4, 0.5) is 62.8 Å². The van der Waals surface area contributed by atoms with E-state index in [0.717, 1.165) is 37.3 Å². The predicted molar refractivity (Wildman–Crippen MR) is 140 cm³/mol. The zero-order valence-electron chi connectivity index (χ0n) is 23.7. The van der Waals surface area contributed by atoms with Crippen LogP contribution < -0.4 is 4.74 Å². The Morgan fingerprint density at radius 3 is 1.84 bits per heavy atom. The van der Waals surface area contributed by atoms with Crippen molar-refractivity contribution in [1.82, 2.24) is 0 Å². The van der Waals surface area contributed by atoms with Crippen LogP contribution >= 0.6 is 0 Å². The van der Waals surface area contributed by atoms with Crippen molar-refractivity contribution in [2.75, 3.05) is 6.61 Å². The van der Waals surface area contributed by atoms with Gasteiger partial charge in [0.05, 0.1) is 12.3 Å². The molecule has 1 N–H and O–H groups in total. The van der Waals surface area contributed by atoms with Crippen molar-refractivity contribution in [2.45, 2.75) is 94.1 Å². The van der Waals surface area contributed by atoms with Gasteiger partial charge in [-0.1, -0.05) is 38.3 Å². The summed E-state index contributed by atoms with van der Waals surface area (Å²) in [6, 6.07) is 11.2. The number of phenolic OH excluding ortho intramolecular Hbond substituents is 1. The van der Waals surface area contributed by atoms with E-state index in [1.807, 2.05) is 12.1 Å². The van der Waals surface area contributed by atoms with E-state index in [2.05, 4.69) is 11.9 Å². The van der Waals surface area contributed by atoms with Gasteiger partial charge in [-0.15, -0.1) is 0 Å². The standard InChI is InChI=1S/C29H30F13NO2/c1-2-3-4-5-8-19-9-12-21(13-10-19)43-18-20-11-14-22(17-23(20)44)45-16-7-6-15-24(30,31)25(32,33)26(34,35)27(36,37)28(38,39)29(40,41)42/h9-14,17-18,44H,2-8,15-16H2,1H3. The second-order valence-electron chi connectivity index (χ2n) is 10.3. The number of ether oxygens (including phenoxy) is 1. The molecule has 0 aliphatic rings. The van der Waals surface area contributed by atoms with E-state index in [-0.39, 0.29) is 17.1 Å². The highest BCUT2D eigenvalue weighted by atomic mass is 19.4. The minimum Gasteiger partial charge on any atom is -0.507 e. The first-order chi connectivity index (χ1) is 20.6. The summed E-state index contributed by atoms with van der Waals surface area (Å²) in [5, 5.41) is 10.2. The van der Waals surface area contributed by atoms with E-state index in [1.165, 1.54) is 24.8 Å². The van der Waals surface area contributed by atoms with E-state index in [4.69, 9.17) is 4.74 Å². The van der Waals surface area contributed by atoms with Crippen LogP contribution in [0.15, 0.2) is 47.5 Å². The van der Waals surface area contributed by atoms with Crippen molar-refractivity contribution >= 4 is 11.9 Å². The highest BCUT2D eigenvalue weighted by Crippen LogP contribution is 2.60. The Balaban J connectivity index is 1.93. The molecule has 0 radical (unpaired) electrons. The summed E-state index contributed by atoms with van der Waals surface area (Å²) in [4.78, 5) is 4.25. The van der Waals surface area contributed by atoms with Crippen molar-refractivity contribution < 1.29 is 66.9 Å². The van der Waals surface area contributed by atoms with Gasteiger partial charge in [0.15, 0.2) is 0 Å². The summed E-state index contributed by atoms with van der Waals surface area (Å²) < 4.78 is 176. The smallest absolute Gasteiger partial charge is 0.460 e. The summed E-state index contributed by atoms with van der Waals surface area (Å²) in [6.45, 7) is 1.58. The van der Waals surface area contributed by atoms with Gasteiger partial charge in [0.2, 0.25) is 0 Å². The maximum atomic E-state index is 13.9. The molecule has 0 unspecified atom stereocenters. The van der Waals surface area contributed by atoms with Crippen LogP contribution in [0.25, 0.3) is 0 Å². The maximum absolute atomic E-state index is 13.9. The van der Waals surface area contributed by atoms with Crippen LogP contribution in [0, 0.1) is 0 Å². The molecule has 0 saturated carbocycles. The third-order valence-electron chi connectivity index (χ3n) is 6.76. The summed E-state index contributed by atoms with van der Waals surface area (Å²) in [6.07, 6.45) is -4.65. The van der Waals surface area contributed by atoms with Crippen molar-refractivity contribution in [3.63, 3.8) is 0 Å². The molecule has 0 atom stereocenters. The number of rotatable bonds is 17. The number of hydrogen-bond donors (Lipinski definition) is 1. The van der Waals surface area contributed by atoms with Crippen LogP contribution in [0.1, 0.15) is 63.0 Å². The van der Waals surface area contributed by atoms with Gasteiger partial charge in [0, 0.05) is 24.3 Å². The molecule has 0 amide bonds. The third kappa shape index (κ3) is 8.54. The van der Waals surface area contributed by atoms with Gasteiger partial charge in [0.1, 0.15) is 11.5 Å². The number of alkyl halides is 13. The fourth-order valence-electron chi connectivity index (χ4n) is 3.97. The van der Waals surface area contributed by atoms with E-state index < -0.39 is 61.7 Å². The lowest BCUT2D eigenvalue weighted by atomic mass is 9.92. The van der Waals surface area contributed by atoms with Gasteiger partial charge in [0.25, 0.3) is 0 Å². The highest BCUT2D eigenvalue weighted by molar-refractivity contribution is 5.85. The summed E-state index contributed by atoms with van der Waals surface area (Å²) in [5.41, 5.74) is 2.00. The summed E-state index contributed by atoms with van der Waals surface area (Å²) in [7, 11) is 0. The largest absolute Gasteiger partial charge is 0.507 e. The molecule has 2 aromatic rings. The summed E-state index contributed by atoms with van der Waals surface area (Å²) >= 11 is 0. The minimum atomic E-state index is -7.91. The fourth-order valence-corrected chi connectivity index (χ4v) is 3.97. The number of unbranched alkanes of at least 4 members (excludes halogenated alkanes) is 4. The molecule has 0 fully saturated rings. The normalized spacial score (nSPS) is 13.9. The zero-order valence-corrected chi connectivity index (χ0v) is 23.7. The monoisotopic (exact) mass is 671 g/mol. The molecule has 16 heteroatoms. The first-order valence-corrected chi connectivity index (χ1v) is 13.7. The number of benzene rings is 2. The van der Waals surface area contributed by atoms with Crippen LogP contribution in [-0.4, -0.2) is 53.7 Å². The second-order valence-corrected chi connectivity index (χ2v) is 10.3. The van der Waals surface area contributed by atoms with Crippen LogP contribution in [0.3, 0.4) is 0 Å². The zero-order chi connectivity index (χ0) is 34.3. The molecule has 0 heterocycles. The lowest BCUT2D eigenvalue weighted by molar-refractivity contribution is -0.440. The Labute approximate surface area is 250 Å². The molecule has 45 heavy (non-hydrogen) atoms. The number of aryl methyl sites for hydroxylation is 1. The molecule has 0 spiro atoms. The molecular formula is C29H30F13NO2. The Bertz CT molecular complexity index is 1260. The Kier molecular flexibility index (Phi) is 12.2. The van der Waals surface area contributed by atoms with Crippen LogP contribution in [0.2, 0.25) is 0 Å². The minimum absolute atomic E-state index is 0.0466. The molecule has 0 aliphatic heterocycles. The highest BCUT2D eigenvalue weighted by Gasteiger charge is 2.90. The topological polar surface area (TPSA) is 41.8 Å². The van der Waals surface area contributed by atoms with Gasteiger partial charge in [-0.25, -0.2) is 0 Å². The van der Waals surface area contributed by atoms with Gasteiger partial charge in [-0.05, 0) is 55.5 Å². The first kappa shape index (κ1) is 38.0. The SMILES string of the molecule is CCCCCCc1ccc(N=Cc2ccc(OCCCCC(F)(F)C(F)(F)C(F)(F)C(F)(F)C(F)(F)C(F)(F)F)cc2O)cc1. The van der Waals surface area contributed by atoms with E-state index in [9.17, 15) is 62.2 Å². The maximum Gasteiger partial charge on any atom is 0.460 e. The number of phenols is 1. The molecule has 0 aromatic heterocycles. The second kappa shape index (κ2) is 14.5. The molecule has 0 bridgehead atoms. The Hall–Kier alpha value is -3.20. The molecule has 2 aromatic carbocycles. The lowest BCUT2D eigenvalue weighted by Gasteiger charge is -2.39. The van der Waals surface area contributed by atoms with Gasteiger partial charge < -0.3 is 9.84 Å². The van der Waals surface area contributed by atoms with Crippen molar-refractivity contribution in [3.05, 3.63) is 53.6 Å². The van der Waals surface area contributed by atoms with E-state index in [0.29, 0.717) is 5.69 Å². The van der Waals surface area contributed by atoms with Crippen molar-refractivity contribution in [1.29, 1.82) is 0 Å². The van der Waals surface area contributed by atoms with Crippen molar-refractivity contribution in [2.24, 2.45) is 4.99 Å². The molecular weight excluding hydrogens is 641 g/mol. The van der Waals surface area contributed by atoms with Gasteiger partial charge in [-0.3, -0.25) is 4.99 Å². The average Bonchev–Trinajstić information content (AvgIpc) is 2.94. The Morgan fingerprint density at radius 1 is 0.689 bits per heavy atom. The average molecular weight is 672 g/mol. The number of hydrogen-bond acceptors (Lipinski definition) is 3. The molecule has 2 rings (SSSR count). The third-order valence-corrected chi connectivity index (χ3v) is 6.76. The molecule has 0 aliphatic carbocycles. The van der Waals surface area contributed by atoms with Crippen LogP contribution in [0.5, 0.6) is 11.5 Å².